The molecule has 2 rings (SSSR count). The van der Waals surface area contributed by atoms with Crippen molar-refractivity contribution in [2.45, 2.75) is 59.5 Å². The largest absolute Gasteiger partial charge is 0.490 e. The van der Waals surface area contributed by atoms with Crippen molar-refractivity contribution >= 4 is 0 Å². The van der Waals surface area contributed by atoms with E-state index in [1.54, 1.807) is 0 Å². The highest BCUT2D eigenvalue weighted by molar-refractivity contribution is 5.35. The highest BCUT2D eigenvalue weighted by Crippen LogP contribution is 2.27. The normalized spacial score (nSPS) is 14.8. The van der Waals surface area contributed by atoms with E-state index in [0.29, 0.717) is 6.10 Å². The van der Waals surface area contributed by atoms with Crippen molar-refractivity contribution in [3.8, 4) is 5.75 Å². The van der Waals surface area contributed by atoms with E-state index >= 15 is 0 Å². The molecule has 0 bridgehead atoms. The Labute approximate surface area is 179 Å². The van der Waals surface area contributed by atoms with Crippen molar-refractivity contribution in [3.63, 3.8) is 0 Å². The molecule has 1 aliphatic heterocycles. The van der Waals surface area contributed by atoms with Crippen LogP contribution in [0.4, 0.5) is 0 Å². The molecular formula is C25H43NO3. The lowest BCUT2D eigenvalue weighted by Crippen LogP contribution is -2.28. The Kier molecular flexibility index (Phi) is 24.4. The Balaban J connectivity index is 0. The van der Waals surface area contributed by atoms with Gasteiger partial charge in [0.15, 0.2) is 0 Å². The zero-order chi connectivity index (χ0) is 22.2. The average Bonchev–Trinajstić information content (AvgIpc) is 2.80. The Morgan fingerprint density at radius 1 is 1.00 bits per heavy atom. The monoisotopic (exact) mass is 405 g/mol. The molecule has 0 radical (unpaired) electrons. The second-order valence-corrected chi connectivity index (χ2v) is 5.94. The molecule has 1 heterocycles. The summed E-state index contributed by atoms with van der Waals surface area (Å²) in [6.07, 6.45) is 16.4. The summed E-state index contributed by atoms with van der Waals surface area (Å²) >= 11 is 0. The molecular weight excluding hydrogens is 362 g/mol. The van der Waals surface area contributed by atoms with E-state index in [1.165, 1.54) is 5.56 Å². The lowest BCUT2D eigenvalue weighted by molar-refractivity contribution is 0.163. The van der Waals surface area contributed by atoms with Crippen LogP contribution in [0.3, 0.4) is 0 Å². The van der Waals surface area contributed by atoms with Crippen LogP contribution in [0, 0.1) is 0 Å². The Morgan fingerprint density at radius 2 is 1.62 bits per heavy atom. The topological polar surface area (TPSA) is 61.7 Å². The van der Waals surface area contributed by atoms with E-state index in [0.717, 1.165) is 51.6 Å². The zero-order valence-electron chi connectivity index (χ0n) is 19.1. The number of para-hydroxylation sites is 1. The Bertz CT molecular complexity index is 525. The van der Waals surface area contributed by atoms with E-state index in [1.807, 2.05) is 70.2 Å². The molecule has 166 valence electrons. The van der Waals surface area contributed by atoms with E-state index in [2.05, 4.69) is 23.5 Å². The Morgan fingerprint density at radius 3 is 2.21 bits per heavy atom. The van der Waals surface area contributed by atoms with Gasteiger partial charge < -0.3 is 20.3 Å². The number of allylic oxidation sites excluding steroid dienone is 6. The van der Waals surface area contributed by atoms with Crippen LogP contribution in [0.1, 0.15) is 52.5 Å². The molecule has 0 saturated carbocycles. The molecule has 1 unspecified atom stereocenters. The van der Waals surface area contributed by atoms with Gasteiger partial charge in [-0.05, 0) is 64.3 Å². The smallest absolute Gasteiger partial charge is 0.122 e. The van der Waals surface area contributed by atoms with Gasteiger partial charge in [0.25, 0.3) is 0 Å². The maximum atomic E-state index is 8.66. The van der Waals surface area contributed by atoms with Crippen LogP contribution in [0.25, 0.3) is 0 Å². The molecule has 1 aliphatic rings. The number of benzene rings is 1. The quantitative estimate of drug-likeness (QED) is 0.417. The van der Waals surface area contributed by atoms with Gasteiger partial charge in [-0.1, -0.05) is 68.5 Å². The molecule has 0 aliphatic carbocycles. The number of rotatable bonds is 8. The lowest BCUT2D eigenvalue weighted by atomic mass is 10.0. The molecule has 1 atom stereocenters. The zero-order valence-corrected chi connectivity index (χ0v) is 19.1. The van der Waals surface area contributed by atoms with Gasteiger partial charge in [0.2, 0.25) is 0 Å². The summed E-state index contributed by atoms with van der Waals surface area (Å²) in [5.41, 5.74) is 1.33. The van der Waals surface area contributed by atoms with Gasteiger partial charge in [-0.3, -0.25) is 0 Å². The average molecular weight is 406 g/mol. The van der Waals surface area contributed by atoms with Gasteiger partial charge in [0.05, 0.1) is 0 Å². The second-order valence-electron chi connectivity index (χ2n) is 5.94. The van der Waals surface area contributed by atoms with Crippen LogP contribution >= 0.6 is 0 Å². The maximum absolute atomic E-state index is 8.66. The van der Waals surface area contributed by atoms with Gasteiger partial charge in [0, 0.05) is 13.7 Å². The summed E-state index contributed by atoms with van der Waals surface area (Å²) in [6, 6.07) is 8.30. The number of aliphatic hydroxyl groups is 2. The number of nitrogens with one attached hydrogen (secondary N) is 1. The molecule has 0 spiro atoms. The number of fused-ring (bicyclic) bond motifs is 1. The fourth-order valence-electron chi connectivity index (χ4n) is 2.53. The summed E-state index contributed by atoms with van der Waals surface area (Å²) in [4.78, 5) is 0. The predicted octanol–water partition coefficient (Wildman–Crippen LogP) is 5.07. The van der Waals surface area contributed by atoms with Crippen molar-refractivity contribution in [2.75, 3.05) is 26.8 Å². The van der Waals surface area contributed by atoms with Crippen LogP contribution in [0.5, 0.6) is 5.75 Å². The minimum atomic E-state index is 0.264. The predicted molar refractivity (Wildman–Crippen MR) is 127 cm³/mol. The third-order valence-electron chi connectivity index (χ3n) is 3.87. The molecule has 1 aromatic carbocycles. The molecule has 0 amide bonds. The molecule has 4 heteroatoms. The van der Waals surface area contributed by atoms with Crippen molar-refractivity contribution < 1.29 is 14.9 Å². The number of aryl methyl sites for hydroxylation is 1. The number of aliphatic hydroxyl groups excluding tert-OH is 2. The van der Waals surface area contributed by atoms with Gasteiger partial charge in [0.1, 0.15) is 11.9 Å². The molecule has 3 N–H and O–H groups in total. The van der Waals surface area contributed by atoms with Crippen LogP contribution in [-0.2, 0) is 6.42 Å². The Hall–Kier alpha value is -1.88. The highest BCUT2D eigenvalue weighted by atomic mass is 16.5. The van der Waals surface area contributed by atoms with Gasteiger partial charge in [-0.2, -0.15) is 0 Å². The lowest BCUT2D eigenvalue weighted by Gasteiger charge is -2.26. The van der Waals surface area contributed by atoms with E-state index in [9.17, 15) is 0 Å². The summed E-state index contributed by atoms with van der Waals surface area (Å²) < 4.78 is 5.95. The third kappa shape index (κ3) is 16.8. The third-order valence-corrected chi connectivity index (χ3v) is 3.87. The molecule has 29 heavy (non-hydrogen) atoms. The highest BCUT2D eigenvalue weighted by Gasteiger charge is 2.18. The maximum Gasteiger partial charge on any atom is 0.122 e. The van der Waals surface area contributed by atoms with Crippen molar-refractivity contribution in [3.05, 3.63) is 66.3 Å². The first kappa shape index (κ1) is 29.3. The van der Waals surface area contributed by atoms with E-state index in [4.69, 9.17) is 14.9 Å². The minimum absolute atomic E-state index is 0.264. The van der Waals surface area contributed by atoms with Crippen LogP contribution in [0.15, 0.2) is 60.7 Å². The summed E-state index contributed by atoms with van der Waals surface area (Å²) in [6.45, 7) is 10.1. The SMILES string of the molecule is CC.CO.C\C=C/C=C\C=C/C.OCCCNCCC1CCc2ccccc2O1. The first-order chi connectivity index (χ1) is 14.3. The van der Waals surface area contributed by atoms with Crippen LogP contribution in [0.2, 0.25) is 0 Å². The number of ether oxygens (including phenoxy) is 1. The van der Waals surface area contributed by atoms with Gasteiger partial charge in [-0.15, -0.1) is 0 Å². The molecule has 0 fully saturated rings. The molecule has 1 aromatic rings. The van der Waals surface area contributed by atoms with E-state index < -0.39 is 0 Å². The van der Waals surface area contributed by atoms with Crippen LogP contribution in [-0.4, -0.2) is 43.1 Å². The van der Waals surface area contributed by atoms with Crippen LogP contribution < -0.4 is 10.1 Å². The first-order valence-electron chi connectivity index (χ1n) is 10.7. The van der Waals surface area contributed by atoms with Gasteiger partial charge in [-0.25, -0.2) is 0 Å². The standard InChI is InChI=1S/C14H21NO2.C8H12.C2H6.CH4O/c16-11-3-9-15-10-8-13-7-6-12-4-1-2-5-14(12)17-13;1-3-5-7-8-6-4-2;2*1-2/h1-2,4-5,13,15-16H,3,6-11H2;3-8H,1-2H3;1-2H3;2H,1H3/b;5-3-,6-4-,8-7-;;. The minimum Gasteiger partial charge on any atom is -0.490 e. The molecule has 4 nitrogen and oxygen atoms in total. The van der Waals surface area contributed by atoms with Crippen molar-refractivity contribution in [1.82, 2.24) is 5.32 Å². The van der Waals surface area contributed by atoms with Crippen molar-refractivity contribution in [2.24, 2.45) is 0 Å². The summed E-state index contributed by atoms with van der Waals surface area (Å²) in [7, 11) is 1.00. The molecule has 0 saturated heterocycles. The summed E-state index contributed by atoms with van der Waals surface area (Å²) in [5, 5.41) is 19.0. The fourth-order valence-corrected chi connectivity index (χ4v) is 2.53. The van der Waals surface area contributed by atoms with Gasteiger partial charge >= 0.3 is 0 Å². The first-order valence-corrected chi connectivity index (χ1v) is 10.7. The molecule has 0 aromatic heterocycles. The summed E-state index contributed by atoms with van der Waals surface area (Å²) in [5.74, 6) is 1.05. The number of hydrogen-bond donors (Lipinski definition) is 3. The van der Waals surface area contributed by atoms with E-state index in [-0.39, 0.29) is 6.61 Å². The number of hydrogen-bond acceptors (Lipinski definition) is 4. The fraction of sp³-hybridized carbons (Fsp3) is 0.520. The van der Waals surface area contributed by atoms with Crippen molar-refractivity contribution in [1.29, 1.82) is 0 Å². The second kappa shape index (κ2) is 24.2.